The largest absolute Gasteiger partial charge is 0.391 e. The van der Waals surface area contributed by atoms with E-state index >= 15 is 0 Å². The Morgan fingerprint density at radius 1 is 1.05 bits per heavy atom. The molecule has 0 unspecified atom stereocenters. The molecule has 0 aromatic heterocycles. The minimum Gasteiger partial charge on any atom is -0.391 e. The van der Waals surface area contributed by atoms with Crippen molar-refractivity contribution in [1.29, 1.82) is 0 Å². The summed E-state index contributed by atoms with van der Waals surface area (Å²) in [6.45, 7) is 5.85. The Labute approximate surface area is 116 Å². The highest BCUT2D eigenvalue weighted by Crippen LogP contribution is 2.17. The number of hydrogen-bond acceptors (Lipinski definition) is 3. The number of carbonyl (C=O) groups is 1. The van der Waals surface area contributed by atoms with Crippen molar-refractivity contribution in [3.63, 3.8) is 0 Å². The van der Waals surface area contributed by atoms with Gasteiger partial charge in [-0.15, -0.1) is 0 Å². The van der Waals surface area contributed by atoms with E-state index in [0.29, 0.717) is 17.6 Å². The fraction of sp³-hybridized carbons (Fsp3) is 0.923. The van der Waals surface area contributed by atoms with Crippen LogP contribution in [0.2, 0.25) is 0 Å². The van der Waals surface area contributed by atoms with E-state index in [1.807, 2.05) is 0 Å². The third-order valence-corrected chi connectivity index (χ3v) is 4.41. The van der Waals surface area contributed by atoms with Gasteiger partial charge in [0.2, 0.25) is 0 Å². The number of quaternary nitrogens is 2. The van der Waals surface area contributed by atoms with Crippen molar-refractivity contribution >= 4 is 5.91 Å². The normalized spacial score (nSPS) is 31.2. The van der Waals surface area contributed by atoms with Gasteiger partial charge in [0.1, 0.15) is 39.3 Å². The van der Waals surface area contributed by atoms with Crippen LogP contribution < -0.4 is 0 Å². The quantitative estimate of drug-likeness (QED) is 0.570. The molecule has 1 rings (SSSR count). The van der Waals surface area contributed by atoms with Crippen molar-refractivity contribution in [2.75, 3.05) is 80.2 Å². The zero-order valence-electron chi connectivity index (χ0n) is 12.5. The molecule has 0 saturated carbocycles. The van der Waals surface area contributed by atoms with Crippen molar-refractivity contribution in [3.8, 4) is 0 Å². The Morgan fingerprint density at radius 3 is 2.00 bits per heavy atom. The molecule has 19 heavy (non-hydrogen) atoms. The molecule has 1 amide bonds. The van der Waals surface area contributed by atoms with Crippen LogP contribution in [0.1, 0.15) is 0 Å². The van der Waals surface area contributed by atoms with Gasteiger partial charge in [0.05, 0.1) is 20.3 Å². The lowest BCUT2D eigenvalue weighted by Gasteiger charge is -2.47. The summed E-state index contributed by atoms with van der Waals surface area (Å²) in [5.74, 6) is 0.117. The van der Waals surface area contributed by atoms with E-state index < -0.39 is 0 Å². The highest BCUT2D eigenvalue weighted by Gasteiger charge is 2.40. The van der Waals surface area contributed by atoms with E-state index in [1.54, 1.807) is 19.0 Å². The Hall–Kier alpha value is -0.690. The standard InChI is InChI=1S/C13H29N3O3/c1-14(2)13(19)12-16(9-11-18)6-4-15(3,5-7-16)8-10-17/h17-18H,4-12H2,1-3H3/q+2. The Balaban J connectivity index is 2.68. The second-order valence-corrected chi connectivity index (χ2v) is 6.20. The molecule has 0 bridgehead atoms. The summed E-state index contributed by atoms with van der Waals surface area (Å²) in [5, 5.41) is 18.4. The van der Waals surface area contributed by atoms with Gasteiger partial charge in [-0.3, -0.25) is 4.79 Å². The molecule has 1 heterocycles. The molecule has 1 fully saturated rings. The van der Waals surface area contributed by atoms with Crippen molar-refractivity contribution in [2.24, 2.45) is 0 Å². The van der Waals surface area contributed by atoms with E-state index in [4.69, 9.17) is 5.11 Å². The van der Waals surface area contributed by atoms with Crippen LogP contribution in [0.4, 0.5) is 0 Å². The van der Waals surface area contributed by atoms with Crippen LogP contribution in [0.3, 0.4) is 0 Å². The van der Waals surface area contributed by atoms with Crippen LogP contribution in [0.25, 0.3) is 0 Å². The number of carbonyl (C=O) groups excluding carboxylic acids is 1. The van der Waals surface area contributed by atoms with E-state index in [1.165, 1.54) is 0 Å². The third-order valence-electron chi connectivity index (χ3n) is 4.41. The average molecular weight is 275 g/mol. The predicted octanol–water partition coefficient (Wildman–Crippen LogP) is -1.66. The number of hydrogen-bond donors (Lipinski definition) is 2. The molecule has 6 heteroatoms. The molecule has 0 radical (unpaired) electrons. The summed E-state index contributed by atoms with van der Waals surface area (Å²) >= 11 is 0. The van der Waals surface area contributed by atoms with Crippen molar-refractivity contribution in [3.05, 3.63) is 0 Å². The van der Waals surface area contributed by atoms with Crippen LogP contribution in [0.15, 0.2) is 0 Å². The molecular weight excluding hydrogens is 246 g/mol. The zero-order chi connectivity index (χ0) is 14.5. The molecule has 0 aliphatic carbocycles. The van der Waals surface area contributed by atoms with Gasteiger partial charge >= 0.3 is 0 Å². The lowest BCUT2D eigenvalue weighted by Crippen LogP contribution is -2.68. The molecule has 0 aromatic carbocycles. The van der Waals surface area contributed by atoms with Crippen LogP contribution in [-0.2, 0) is 4.79 Å². The second-order valence-electron chi connectivity index (χ2n) is 6.20. The predicted molar refractivity (Wildman–Crippen MR) is 73.4 cm³/mol. The summed E-state index contributed by atoms with van der Waals surface area (Å²) in [5.41, 5.74) is 0. The van der Waals surface area contributed by atoms with E-state index in [2.05, 4.69) is 7.05 Å². The number of aliphatic hydroxyl groups is 2. The lowest BCUT2D eigenvalue weighted by atomic mass is 10.2. The van der Waals surface area contributed by atoms with Crippen LogP contribution in [-0.4, -0.2) is 110 Å². The molecule has 0 aromatic rings. The van der Waals surface area contributed by atoms with Crippen LogP contribution in [0, 0.1) is 0 Å². The van der Waals surface area contributed by atoms with Gasteiger partial charge in [-0.25, -0.2) is 0 Å². The summed E-state index contributed by atoms with van der Waals surface area (Å²) < 4.78 is 1.53. The molecule has 2 N–H and O–H groups in total. The maximum absolute atomic E-state index is 12.0. The van der Waals surface area contributed by atoms with Crippen LogP contribution in [0.5, 0.6) is 0 Å². The zero-order valence-corrected chi connectivity index (χ0v) is 12.5. The number of rotatable bonds is 6. The summed E-state index contributed by atoms with van der Waals surface area (Å²) in [6.07, 6.45) is 0. The van der Waals surface area contributed by atoms with E-state index in [9.17, 15) is 9.90 Å². The van der Waals surface area contributed by atoms with Gasteiger partial charge in [-0.2, -0.15) is 0 Å². The maximum atomic E-state index is 12.0. The average Bonchev–Trinajstić information content (AvgIpc) is 2.34. The maximum Gasteiger partial charge on any atom is 0.277 e. The monoisotopic (exact) mass is 275 g/mol. The highest BCUT2D eigenvalue weighted by atomic mass is 16.3. The smallest absolute Gasteiger partial charge is 0.277 e. The molecule has 1 aliphatic heterocycles. The Morgan fingerprint density at radius 2 is 1.58 bits per heavy atom. The number of amides is 1. The molecule has 6 nitrogen and oxygen atoms in total. The molecule has 1 saturated heterocycles. The van der Waals surface area contributed by atoms with E-state index in [-0.39, 0.29) is 19.1 Å². The van der Waals surface area contributed by atoms with Gasteiger partial charge in [0.25, 0.3) is 5.91 Å². The van der Waals surface area contributed by atoms with Crippen LogP contribution >= 0.6 is 0 Å². The minimum atomic E-state index is 0.115. The SMILES string of the molecule is CN(C)C(=O)C[N+]1(CCO)CC[N+](C)(CCO)CC1. The molecular formula is C13H29N3O3+2. The first-order valence-electron chi connectivity index (χ1n) is 6.97. The van der Waals surface area contributed by atoms with Gasteiger partial charge in [-0.05, 0) is 0 Å². The first-order chi connectivity index (χ1) is 8.86. The molecule has 112 valence electrons. The van der Waals surface area contributed by atoms with Crippen molar-refractivity contribution in [2.45, 2.75) is 0 Å². The van der Waals surface area contributed by atoms with Gasteiger partial charge in [-0.1, -0.05) is 0 Å². The summed E-state index contributed by atoms with van der Waals surface area (Å²) in [6, 6.07) is 0. The van der Waals surface area contributed by atoms with Crippen molar-refractivity contribution < 1.29 is 24.0 Å². The minimum absolute atomic E-state index is 0.115. The number of likely N-dealkylation sites (N-methyl/N-ethyl adjacent to an activating group) is 2. The highest BCUT2D eigenvalue weighted by molar-refractivity contribution is 5.76. The lowest BCUT2D eigenvalue weighted by molar-refractivity contribution is -1.02. The van der Waals surface area contributed by atoms with Gasteiger partial charge < -0.3 is 24.1 Å². The van der Waals surface area contributed by atoms with Gasteiger partial charge in [0.15, 0.2) is 6.54 Å². The number of aliphatic hydroxyl groups excluding tert-OH is 2. The Bertz CT molecular complexity index is 300. The summed E-state index contributed by atoms with van der Waals surface area (Å²) in [7, 11) is 5.69. The Kier molecular flexibility index (Phi) is 5.73. The fourth-order valence-electron chi connectivity index (χ4n) is 2.70. The third kappa shape index (κ3) is 4.42. The number of nitrogens with zero attached hydrogens (tertiary/aromatic N) is 3. The topological polar surface area (TPSA) is 60.8 Å². The van der Waals surface area contributed by atoms with Crippen molar-refractivity contribution in [1.82, 2.24) is 4.90 Å². The van der Waals surface area contributed by atoms with E-state index in [0.717, 1.165) is 37.2 Å². The second kappa shape index (κ2) is 6.65. The molecule has 0 atom stereocenters. The van der Waals surface area contributed by atoms with Gasteiger partial charge in [0, 0.05) is 14.1 Å². The summed E-state index contributed by atoms with van der Waals surface area (Å²) in [4.78, 5) is 13.6. The first kappa shape index (κ1) is 16.4. The fourth-order valence-corrected chi connectivity index (χ4v) is 2.70. The first-order valence-corrected chi connectivity index (χ1v) is 6.97. The number of piperazine rings is 1. The molecule has 1 aliphatic rings. The molecule has 0 spiro atoms.